The maximum atomic E-state index is 11.8. The molecule has 0 saturated carbocycles. The van der Waals surface area contributed by atoms with E-state index in [1.807, 2.05) is 19.1 Å². The SMILES string of the molecule is C=CCNC(=NCCc1ccco1)N1CCN(C(=O)OCC)CC1.I. The Bertz CT molecular complexity index is 540. The lowest BCUT2D eigenvalue weighted by Gasteiger charge is -2.35. The van der Waals surface area contributed by atoms with Crippen molar-refractivity contribution in [1.29, 1.82) is 0 Å². The molecule has 1 fully saturated rings. The van der Waals surface area contributed by atoms with Gasteiger partial charge >= 0.3 is 6.09 Å². The molecule has 0 spiro atoms. The van der Waals surface area contributed by atoms with E-state index in [1.54, 1.807) is 17.2 Å². The van der Waals surface area contributed by atoms with E-state index in [0.717, 1.165) is 31.2 Å². The largest absolute Gasteiger partial charge is 0.469 e. The maximum Gasteiger partial charge on any atom is 0.409 e. The van der Waals surface area contributed by atoms with Crippen LogP contribution in [-0.4, -0.2) is 67.7 Å². The average molecular weight is 462 g/mol. The summed E-state index contributed by atoms with van der Waals surface area (Å²) in [6, 6.07) is 3.83. The zero-order valence-electron chi connectivity index (χ0n) is 14.6. The predicted octanol–water partition coefficient (Wildman–Crippen LogP) is 2.35. The first-order valence-electron chi connectivity index (χ1n) is 8.32. The molecule has 0 bridgehead atoms. The van der Waals surface area contributed by atoms with Crippen LogP contribution >= 0.6 is 24.0 Å². The first-order chi connectivity index (χ1) is 11.7. The molecule has 1 aromatic heterocycles. The van der Waals surface area contributed by atoms with Gasteiger partial charge in [-0.1, -0.05) is 6.08 Å². The summed E-state index contributed by atoms with van der Waals surface area (Å²) < 4.78 is 10.4. The molecule has 1 N–H and O–H groups in total. The van der Waals surface area contributed by atoms with Gasteiger partial charge in [0.1, 0.15) is 5.76 Å². The quantitative estimate of drug-likeness (QED) is 0.304. The molecular formula is C17H27IN4O3. The zero-order valence-corrected chi connectivity index (χ0v) is 17.0. The normalized spacial score (nSPS) is 14.7. The molecule has 1 aliphatic heterocycles. The minimum Gasteiger partial charge on any atom is -0.469 e. The van der Waals surface area contributed by atoms with Gasteiger partial charge in [-0.05, 0) is 19.1 Å². The predicted molar refractivity (Wildman–Crippen MR) is 108 cm³/mol. The van der Waals surface area contributed by atoms with E-state index in [2.05, 4.69) is 21.8 Å². The minimum atomic E-state index is -0.243. The van der Waals surface area contributed by atoms with Crippen molar-refractivity contribution in [2.75, 3.05) is 45.9 Å². The molecular weight excluding hydrogens is 435 g/mol. The summed E-state index contributed by atoms with van der Waals surface area (Å²) in [6.45, 7) is 9.96. The molecule has 1 aromatic rings. The zero-order chi connectivity index (χ0) is 17.2. The number of furan rings is 1. The number of rotatable bonds is 6. The van der Waals surface area contributed by atoms with Crippen molar-refractivity contribution in [3.63, 3.8) is 0 Å². The lowest BCUT2D eigenvalue weighted by molar-refractivity contribution is 0.0915. The Morgan fingerprint density at radius 3 is 2.72 bits per heavy atom. The van der Waals surface area contributed by atoms with Crippen LogP contribution in [0.5, 0.6) is 0 Å². The monoisotopic (exact) mass is 462 g/mol. The molecule has 0 radical (unpaired) electrons. The van der Waals surface area contributed by atoms with Crippen molar-refractivity contribution in [3.05, 3.63) is 36.8 Å². The standard InChI is InChI=1S/C17H26N4O3.HI/c1-3-8-18-16(19-9-7-15-6-5-14-24-15)20-10-12-21(13-11-20)17(22)23-4-2;/h3,5-6,14H,1,4,7-13H2,2H3,(H,18,19);1H. The number of amides is 1. The summed E-state index contributed by atoms with van der Waals surface area (Å²) in [5.74, 6) is 1.76. The summed E-state index contributed by atoms with van der Waals surface area (Å²) in [4.78, 5) is 20.3. The summed E-state index contributed by atoms with van der Waals surface area (Å²) >= 11 is 0. The van der Waals surface area contributed by atoms with Gasteiger partial charge in [-0.3, -0.25) is 4.99 Å². The van der Waals surface area contributed by atoms with Gasteiger partial charge in [0.15, 0.2) is 5.96 Å². The molecule has 0 aromatic carbocycles. The average Bonchev–Trinajstić information content (AvgIpc) is 3.12. The van der Waals surface area contributed by atoms with Crippen molar-refractivity contribution in [2.24, 2.45) is 4.99 Å². The molecule has 8 heteroatoms. The van der Waals surface area contributed by atoms with E-state index in [-0.39, 0.29) is 30.1 Å². The number of piperazine rings is 1. The Morgan fingerprint density at radius 1 is 1.40 bits per heavy atom. The van der Waals surface area contributed by atoms with Crippen LogP contribution in [0.15, 0.2) is 40.5 Å². The van der Waals surface area contributed by atoms with Gasteiger partial charge in [-0.25, -0.2) is 4.79 Å². The molecule has 2 heterocycles. The first kappa shape index (κ1) is 21.3. The molecule has 1 aliphatic rings. The van der Waals surface area contributed by atoms with E-state index < -0.39 is 0 Å². The summed E-state index contributed by atoms with van der Waals surface area (Å²) in [6.07, 6.45) is 3.99. The summed E-state index contributed by atoms with van der Waals surface area (Å²) in [5, 5.41) is 3.28. The Hall–Kier alpha value is -1.71. The van der Waals surface area contributed by atoms with Gasteiger partial charge in [-0.15, -0.1) is 30.6 Å². The fraction of sp³-hybridized carbons (Fsp3) is 0.529. The third kappa shape index (κ3) is 6.97. The lowest BCUT2D eigenvalue weighted by atomic mass is 10.3. The number of aliphatic imine (C=N–C) groups is 1. The lowest BCUT2D eigenvalue weighted by Crippen LogP contribution is -2.54. The van der Waals surface area contributed by atoms with E-state index in [9.17, 15) is 4.79 Å². The third-order valence-corrected chi connectivity index (χ3v) is 3.71. The first-order valence-corrected chi connectivity index (χ1v) is 8.32. The number of halogens is 1. The highest BCUT2D eigenvalue weighted by molar-refractivity contribution is 14.0. The molecule has 0 aliphatic carbocycles. The second-order valence-corrected chi connectivity index (χ2v) is 5.38. The van der Waals surface area contributed by atoms with Crippen molar-refractivity contribution >= 4 is 36.0 Å². The number of carbonyl (C=O) groups is 1. The van der Waals surface area contributed by atoms with Crippen molar-refractivity contribution in [2.45, 2.75) is 13.3 Å². The van der Waals surface area contributed by atoms with Crippen molar-refractivity contribution in [3.8, 4) is 0 Å². The van der Waals surface area contributed by atoms with Crippen LogP contribution in [0.2, 0.25) is 0 Å². The Kier molecular flexibility index (Phi) is 10.0. The maximum absolute atomic E-state index is 11.8. The van der Waals surface area contributed by atoms with Crippen LogP contribution in [0.1, 0.15) is 12.7 Å². The van der Waals surface area contributed by atoms with Gasteiger partial charge in [0.2, 0.25) is 0 Å². The van der Waals surface area contributed by atoms with Crippen LogP contribution in [0.4, 0.5) is 4.79 Å². The van der Waals surface area contributed by atoms with Gasteiger partial charge in [-0.2, -0.15) is 0 Å². The number of hydrogen-bond acceptors (Lipinski definition) is 4. The molecule has 1 saturated heterocycles. The van der Waals surface area contributed by atoms with Crippen LogP contribution in [0, 0.1) is 0 Å². The molecule has 1 amide bonds. The third-order valence-electron chi connectivity index (χ3n) is 3.71. The highest BCUT2D eigenvalue weighted by atomic mass is 127. The Balaban J connectivity index is 0.00000312. The molecule has 25 heavy (non-hydrogen) atoms. The molecule has 140 valence electrons. The van der Waals surface area contributed by atoms with E-state index in [1.165, 1.54) is 0 Å². The number of nitrogens with one attached hydrogen (secondary N) is 1. The van der Waals surface area contributed by atoms with E-state index >= 15 is 0 Å². The Morgan fingerprint density at radius 2 is 2.12 bits per heavy atom. The van der Waals surface area contributed by atoms with Gasteiger partial charge in [0, 0.05) is 45.7 Å². The van der Waals surface area contributed by atoms with E-state index in [4.69, 9.17) is 9.15 Å². The van der Waals surface area contributed by atoms with Crippen LogP contribution in [0.3, 0.4) is 0 Å². The summed E-state index contributed by atoms with van der Waals surface area (Å²) in [7, 11) is 0. The second-order valence-electron chi connectivity index (χ2n) is 5.38. The molecule has 7 nitrogen and oxygen atoms in total. The van der Waals surface area contributed by atoms with Crippen LogP contribution in [0.25, 0.3) is 0 Å². The van der Waals surface area contributed by atoms with E-state index in [0.29, 0.717) is 32.8 Å². The fourth-order valence-corrected chi connectivity index (χ4v) is 2.47. The Labute approximate surface area is 166 Å². The molecule has 0 unspecified atom stereocenters. The van der Waals surface area contributed by atoms with Crippen molar-refractivity contribution in [1.82, 2.24) is 15.1 Å². The molecule has 2 rings (SSSR count). The van der Waals surface area contributed by atoms with Crippen molar-refractivity contribution < 1.29 is 13.9 Å². The highest BCUT2D eigenvalue weighted by Gasteiger charge is 2.23. The highest BCUT2D eigenvalue weighted by Crippen LogP contribution is 2.05. The number of guanidine groups is 1. The minimum absolute atomic E-state index is 0. The summed E-state index contributed by atoms with van der Waals surface area (Å²) in [5.41, 5.74) is 0. The smallest absolute Gasteiger partial charge is 0.409 e. The number of hydrogen-bond donors (Lipinski definition) is 1. The number of carbonyl (C=O) groups excluding carboxylic acids is 1. The van der Waals surface area contributed by atoms with Gasteiger partial charge < -0.3 is 24.3 Å². The van der Waals surface area contributed by atoms with Gasteiger partial charge in [0.05, 0.1) is 12.9 Å². The fourth-order valence-electron chi connectivity index (χ4n) is 2.47. The molecule has 0 atom stereocenters. The van der Waals surface area contributed by atoms with Crippen LogP contribution < -0.4 is 5.32 Å². The van der Waals surface area contributed by atoms with Gasteiger partial charge in [0.25, 0.3) is 0 Å². The number of ether oxygens (including phenoxy) is 1. The number of nitrogens with zero attached hydrogens (tertiary/aromatic N) is 3. The van der Waals surface area contributed by atoms with Crippen LogP contribution in [-0.2, 0) is 11.2 Å². The topological polar surface area (TPSA) is 70.3 Å². The second kappa shape index (κ2) is 11.8.